The molecule has 2 aromatic rings. The number of anilines is 1. The predicted octanol–water partition coefficient (Wildman–Crippen LogP) is 3.91. The van der Waals surface area contributed by atoms with Crippen LogP contribution >= 0.6 is 0 Å². The molecule has 1 N–H and O–H groups in total. The number of rotatable bonds is 7. The van der Waals surface area contributed by atoms with Crippen molar-refractivity contribution >= 4 is 17.6 Å². The molecule has 28 heavy (non-hydrogen) atoms. The van der Waals surface area contributed by atoms with Gasteiger partial charge in [0.25, 0.3) is 5.91 Å². The van der Waals surface area contributed by atoms with E-state index >= 15 is 0 Å². The van der Waals surface area contributed by atoms with E-state index in [2.05, 4.69) is 5.32 Å². The second-order valence-corrected chi connectivity index (χ2v) is 5.50. The summed E-state index contributed by atoms with van der Waals surface area (Å²) in [4.78, 5) is 23.8. The first-order valence-electron chi connectivity index (χ1n) is 8.19. The van der Waals surface area contributed by atoms with E-state index in [9.17, 15) is 22.8 Å². The second kappa shape index (κ2) is 9.12. The van der Waals surface area contributed by atoms with Crippen molar-refractivity contribution in [3.8, 4) is 11.5 Å². The number of hydrogen-bond acceptors (Lipinski definition) is 5. The third-order valence-electron chi connectivity index (χ3n) is 3.51. The predicted molar refractivity (Wildman–Crippen MR) is 94.5 cm³/mol. The van der Waals surface area contributed by atoms with Crippen LogP contribution < -0.4 is 14.8 Å². The minimum atomic E-state index is -4.52. The minimum Gasteiger partial charge on any atom is -0.493 e. The lowest BCUT2D eigenvalue weighted by Gasteiger charge is -2.13. The maximum Gasteiger partial charge on any atom is 0.416 e. The zero-order valence-corrected chi connectivity index (χ0v) is 15.1. The van der Waals surface area contributed by atoms with Crippen molar-refractivity contribution in [3.05, 3.63) is 53.6 Å². The maximum absolute atomic E-state index is 12.7. The number of nitrogens with one attached hydrogen (secondary N) is 1. The number of halogens is 3. The molecule has 0 fully saturated rings. The number of hydrogen-bond donors (Lipinski definition) is 1. The fourth-order valence-corrected chi connectivity index (χ4v) is 2.24. The smallest absolute Gasteiger partial charge is 0.416 e. The fourth-order valence-electron chi connectivity index (χ4n) is 2.24. The Kier molecular flexibility index (Phi) is 6.86. The van der Waals surface area contributed by atoms with Gasteiger partial charge >= 0.3 is 12.1 Å². The summed E-state index contributed by atoms with van der Waals surface area (Å²) in [5.74, 6) is -0.849. The first-order chi connectivity index (χ1) is 13.2. The van der Waals surface area contributed by atoms with E-state index < -0.39 is 30.2 Å². The normalized spacial score (nSPS) is 10.9. The van der Waals surface area contributed by atoms with E-state index in [4.69, 9.17) is 14.2 Å². The van der Waals surface area contributed by atoms with Crippen LogP contribution in [0.4, 0.5) is 18.9 Å². The molecular weight excluding hydrogens is 379 g/mol. The Morgan fingerprint density at radius 3 is 2.46 bits per heavy atom. The first-order valence-corrected chi connectivity index (χ1v) is 8.19. The van der Waals surface area contributed by atoms with Gasteiger partial charge in [0.1, 0.15) is 0 Å². The molecule has 0 aliphatic rings. The van der Waals surface area contributed by atoms with Crippen LogP contribution in [0.1, 0.15) is 22.8 Å². The molecule has 0 aromatic heterocycles. The van der Waals surface area contributed by atoms with Gasteiger partial charge in [-0.1, -0.05) is 6.07 Å². The summed E-state index contributed by atoms with van der Waals surface area (Å²) < 4.78 is 53.5. The third-order valence-corrected chi connectivity index (χ3v) is 3.51. The quantitative estimate of drug-likeness (QED) is 0.717. The van der Waals surface area contributed by atoms with Crippen LogP contribution in [0.3, 0.4) is 0 Å². The van der Waals surface area contributed by atoms with Crippen LogP contribution in [0.25, 0.3) is 0 Å². The Bertz CT molecular complexity index is 852. The van der Waals surface area contributed by atoms with Crippen LogP contribution in [0.15, 0.2) is 42.5 Å². The topological polar surface area (TPSA) is 73.9 Å². The summed E-state index contributed by atoms with van der Waals surface area (Å²) in [6.45, 7) is 1.36. The number of carbonyl (C=O) groups is 2. The van der Waals surface area contributed by atoms with Gasteiger partial charge in [-0.15, -0.1) is 0 Å². The highest BCUT2D eigenvalue weighted by Gasteiger charge is 2.30. The van der Waals surface area contributed by atoms with Gasteiger partial charge in [-0.2, -0.15) is 13.2 Å². The second-order valence-electron chi connectivity index (χ2n) is 5.50. The SMILES string of the molecule is CCOC(=O)c1ccc(OC)c(OCC(=O)Nc2cccc(C(F)(F)F)c2)c1. The molecular formula is C19H18F3NO5. The molecule has 0 spiro atoms. The molecule has 150 valence electrons. The highest BCUT2D eigenvalue weighted by Crippen LogP contribution is 2.31. The summed E-state index contributed by atoms with van der Waals surface area (Å²) in [7, 11) is 1.38. The van der Waals surface area contributed by atoms with Crippen LogP contribution in [0, 0.1) is 0 Å². The van der Waals surface area contributed by atoms with E-state index in [0.29, 0.717) is 0 Å². The van der Waals surface area contributed by atoms with Gasteiger partial charge in [-0.3, -0.25) is 4.79 Å². The van der Waals surface area contributed by atoms with Gasteiger partial charge in [-0.25, -0.2) is 4.79 Å². The Balaban J connectivity index is 2.06. The molecule has 0 saturated heterocycles. The lowest BCUT2D eigenvalue weighted by Crippen LogP contribution is -2.21. The Labute approximate surface area is 159 Å². The number of methoxy groups -OCH3 is 1. The Morgan fingerprint density at radius 2 is 1.82 bits per heavy atom. The Morgan fingerprint density at radius 1 is 1.07 bits per heavy atom. The van der Waals surface area contributed by atoms with E-state index in [1.54, 1.807) is 6.92 Å². The van der Waals surface area contributed by atoms with E-state index in [1.165, 1.54) is 37.4 Å². The molecule has 0 aliphatic heterocycles. The van der Waals surface area contributed by atoms with Crippen molar-refractivity contribution in [1.29, 1.82) is 0 Å². The van der Waals surface area contributed by atoms with Crippen molar-refractivity contribution in [2.24, 2.45) is 0 Å². The van der Waals surface area contributed by atoms with Crippen molar-refractivity contribution in [2.75, 3.05) is 25.6 Å². The van der Waals surface area contributed by atoms with Crippen molar-refractivity contribution in [2.45, 2.75) is 13.1 Å². The molecule has 9 heteroatoms. The number of benzene rings is 2. The molecule has 1 amide bonds. The largest absolute Gasteiger partial charge is 0.493 e. The molecule has 6 nitrogen and oxygen atoms in total. The van der Waals surface area contributed by atoms with Gasteiger partial charge in [-0.05, 0) is 43.3 Å². The van der Waals surface area contributed by atoms with Crippen molar-refractivity contribution in [3.63, 3.8) is 0 Å². The van der Waals surface area contributed by atoms with Crippen LogP contribution in [0.2, 0.25) is 0 Å². The molecule has 0 saturated carbocycles. The van der Waals surface area contributed by atoms with Crippen LogP contribution in [0.5, 0.6) is 11.5 Å². The lowest BCUT2D eigenvalue weighted by molar-refractivity contribution is -0.137. The van der Waals surface area contributed by atoms with Gasteiger partial charge < -0.3 is 19.5 Å². The summed E-state index contributed by atoms with van der Waals surface area (Å²) in [5, 5.41) is 2.32. The zero-order chi connectivity index (χ0) is 20.7. The number of carbonyl (C=O) groups excluding carboxylic acids is 2. The monoisotopic (exact) mass is 397 g/mol. The zero-order valence-electron chi connectivity index (χ0n) is 15.1. The van der Waals surface area contributed by atoms with Gasteiger partial charge in [0.05, 0.1) is 24.8 Å². The average molecular weight is 397 g/mol. The van der Waals surface area contributed by atoms with Gasteiger partial charge in [0.2, 0.25) is 0 Å². The van der Waals surface area contributed by atoms with Crippen molar-refractivity contribution in [1.82, 2.24) is 0 Å². The molecule has 0 aliphatic carbocycles. The summed E-state index contributed by atoms with van der Waals surface area (Å²) in [6, 6.07) is 8.55. The number of alkyl halides is 3. The summed E-state index contributed by atoms with van der Waals surface area (Å²) >= 11 is 0. The third kappa shape index (κ3) is 5.63. The van der Waals surface area contributed by atoms with E-state index in [1.807, 2.05) is 0 Å². The molecule has 0 bridgehead atoms. The highest BCUT2D eigenvalue weighted by atomic mass is 19.4. The number of ether oxygens (including phenoxy) is 3. The molecule has 0 atom stereocenters. The first kappa shape index (κ1) is 21.1. The van der Waals surface area contributed by atoms with Gasteiger partial charge in [0, 0.05) is 5.69 Å². The molecule has 0 heterocycles. The maximum atomic E-state index is 12.7. The van der Waals surface area contributed by atoms with Crippen LogP contribution in [-0.2, 0) is 15.7 Å². The highest BCUT2D eigenvalue weighted by molar-refractivity contribution is 5.92. The van der Waals surface area contributed by atoms with E-state index in [-0.39, 0.29) is 29.4 Å². The average Bonchev–Trinajstić information content (AvgIpc) is 2.66. The minimum absolute atomic E-state index is 0.0179. The summed E-state index contributed by atoms with van der Waals surface area (Å²) in [5.41, 5.74) is -0.693. The standard InChI is InChI=1S/C19H18F3NO5/c1-3-27-18(25)12-7-8-15(26-2)16(9-12)28-11-17(24)23-14-6-4-5-13(10-14)19(20,21)22/h4-10H,3,11H2,1-2H3,(H,23,24). The van der Waals surface area contributed by atoms with E-state index in [0.717, 1.165) is 12.1 Å². The molecule has 0 unspecified atom stereocenters. The number of esters is 1. The fraction of sp³-hybridized carbons (Fsp3) is 0.263. The Hall–Kier alpha value is -3.23. The summed E-state index contributed by atoms with van der Waals surface area (Å²) in [6.07, 6.45) is -4.52. The van der Waals surface area contributed by atoms with Crippen LogP contribution in [-0.4, -0.2) is 32.2 Å². The number of amides is 1. The molecule has 0 radical (unpaired) electrons. The van der Waals surface area contributed by atoms with Gasteiger partial charge in [0.15, 0.2) is 18.1 Å². The molecule has 2 aromatic carbocycles. The lowest BCUT2D eigenvalue weighted by atomic mass is 10.2. The van der Waals surface area contributed by atoms with Crippen molar-refractivity contribution < 1.29 is 37.0 Å². The molecule has 2 rings (SSSR count).